The topological polar surface area (TPSA) is 83.4 Å². The zero-order valence-electron chi connectivity index (χ0n) is 20.6. The van der Waals surface area contributed by atoms with Crippen molar-refractivity contribution in [3.8, 4) is 0 Å². The normalized spacial score (nSPS) is 20.1. The number of amides is 3. The second kappa shape index (κ2) is 10.0. The number of rotatable bonds is 6. The number of aromatic nitrogens is 1. The van der Waals surface area contributed by atoms with E-state index in [0.717, 1.165) is 17.8 Å². The molecule has 0 saturated carbocycles. The molecule has 34 heavy (non-hydrogen) atoms. The Bertz CT molecular complexity index is 1090. The van der Waals surface area contributed by atoms with E-state index >= 15 is 0 Å². The lowest BCUT2D eigenvalue weighted by Crippen LogP contribution is -2.55. The highest BCUT2D eigenvalue weighted by atomic mass is 16.2. The van der Waals surface area contributed by atoms with E-state index in [1.54, 1.807) is 12.1 Å². The van der Waals surface area contributed by atoms with Gasteiger partial charge >= 0.3 is 6.03 Å². The van der Waals surface area contributed by atoms with Gasteiger partial charge in [0, 0.05) is 43.0 Å². The number of fused-ring (bicyclic) bond motifs is 4. The monoisotopic (exact) mass is 464 g/mol. The molecule has 182 valence electrons. The molecule has 3 atom stereocenters. The van der Waals surface area contributed by atoms with Crippen LogP contribution in [0.2, 0.25) is 0 Å². The first kappa shape index (κ1) is 24.0. The molecule has 2 aliphatic heterocycles. The smallest absolute Gasteiger partial charge is 0.318 e. The minimum absolute atomic E-state index is 0.0280. The zero-order valence-corrected chi connectivity index (χ0v) is 20.6. The van der Waals surface area contributed by atoms with Crippen molar-refractivity contribution >= 4 is 17.6 Å². The van der Waals surface area contributed by atoms with Crippen LogP contribution in [-0.2, 0) is 11.3 Å². The number of carbonyl (C=O) groups excluding carboxylic acids is 2. The van der Waals surface area contributed by atoms with E-state index in [1.165, 1.54) is 5.56 Å². The third-order valence-corrected chi connectivity index (χ3v) is 6.93. The molecule has 2 N–H and O–H groups in total. The summed E-state index contributed by atoms with van der Waals surface area (Å²) in [5.74, 6) is 0.859. The number of likely N-dealkylation sites (tertiary alicyclic amines) is 1. The summed E-state index contributed by atoms with van der Waals surface area (Å²) in [6, 6.07) is 12.4. The fourth-order valence-corrected chi connectivity index (χ4v) is 5.19. The molecule has 7 nitrogen and oxygen atoms in total. The third kappa shape index (κ3) is 5.34. The van der Waals surface area contributed by atoms with Gasteiger partial charge in [0.2, 0.25) is 5.91 Å². The highest BCUT2D eigenvalue weighted by Crippen LogP contribution is 2.35. The fourth-order valence-electron chi connectivity index (χ4n) is 5.19. The van der Waals surface area contributed by atoms with E-state index in [1.807, 2.05) is 53.6 Å². The Kier molecular flexibility index (Phi) is 7.10. The Balaban J connectivity index is 1.43. The van der Waals surface area contributed by atoms with Crippen molar-refractivity contribution in [1.29, 1.82) is 0 Å². The van der Waals surface area contributed by atoms with Crippen molar-refractivity contribution in [3.63, 3.8) is 0 Å². The lowest BCUT2D eigenvalue weighted by Gasteiger charge is -2.43. The zero-order chi connectivity index (χ0) is 24.4. The van der Waals surface area contributed by atoms with Gasteiger partial charge in [-0.05, 0) is 54.4 Å². The summed E-state index contributed by atoms with van der Waals surface area (Å²) in [6.07, 6.45) is 1.54. The van der Waals surface area contributed by atoms with Gasteiger partial charge in [0.15, 0.2) is 0 Å². The third-order valence-electron chi connectivity index (χ3n) is 6.93. The Morgan fingerprint density at radius 3 is 2.41 bits per heavy atom. The molecular formula is C27H36N4O3. The van der Waals surface area contributed by atoms with Gasteiger partial charge in [-0.1, -0.05) is 45.9 Å². The van der Waals surface area contributed by atoms with Gasteiger partial charge in [-0.25, -0.2) is 4.79 Å². The summed E-state index contributed by atoms with van der Waals surface area (Å²) in [6.45, 7) is 10.1. The van der Waals surface area contributed by atoms with Crippen molar-refractivity contribution in [2.75, 3.05) is 18.4 Å². The first-order chi connectivity index (χ1) is 16.2. The summed E-state index contributed by atoms with van der Waals surface area (Å²) in [4.78, 5) is 40.4. The molecule has 7 heteroatoms. The molecule has 2 unspecified atom stereocenters. The van der Waals surface area contributed by atoms with Crippen LogP contribution in [0.3, 0.4) is 0 Å². The largest absolute Gasteiger partial charge is 0.326 e. The molecule has 1 fully saturated rings. The number of pyridine rings is 1. The molecule has 2 aromatic rings. The summed E-state index contributed by atoms with van der Waals surface area (Å²) < 4.78 is 1.85. The Hall–Kier alpha value is -3.09. The van der Waals surface area contributed by atoms with Gasteiger partial charge < -0.3 is 20.1 Å². The van der Waals surface area contributed by atoms with Crippen LogP contribution >= 0.6 is 0 Å². The Labute approximate surface area is 201 Å². The number of hydrogen-bond acceptors (Lipinski definition) is 3. The van der Waals surface area contributed by atoms with Crippen molar-refractivity contribution in [1.82, 2.24) is 14.8 Å². The van der Waals surface area contributed by atoms with E-state index in [4.69, 9.17) is 0 Å². The van der Waals surface area contributed by atoms with Gasteiger partial charge in [0.05, 0.1) is 0 Å². The number of urea groups is 1. The van der Waals surface area contributed by atoms with E-state index < -0.39 is 6.04 Å². The molecule has 0 radical (unpaired) electrons. The molecular weight excluding hydrogens is 428 g/mol. The van der Waals surface area contributed by atoms with E-state index in [2.05, 4.69) is 24.5 Å². The highest BCUT2D eigenvalue weighted by Gasteiger charge is 2.37. The van der Waals surface area contributed by atoms with Crippen LogP contribution in [0.5, 0.6) is 0 Å². The van der Waals surface area contributed by atoms with Crippen molar-refractivity contribution in [3.05, 3.63) is 64.1 Å². The molecule has 2 aliphatic rings. The Morgan fingerprint density at radius 2 is 1.74 bits per heavy atom. The number of hydrogen-bond donors (Lipinski definition) is 2. The van der Waals surface area contributed by atoms with Crippen molar-refractivity contribution in [2.24, 2.45) is 11.8 Å². The second-order valence-corrected chi connectivity index (χ2v) is 10.5. The predicted octanol–water partition coefficient (Wildman–Crippen LogP) is 4.15. The maximum atomic E-state index is 13.2. The highest BCUT2D eigenvalue weighted by molar-refractivity contribution is 5.97. The predicted molar refractivity (Wildman–Crippen MR) is 134 cm³/mol. The molecule has 1 saturated heterocycles. The number of benzene rings is 1. The number of piperidine rings is 1. The lowest BCUT2D eigenvalue weighted by molar-refractivity contribution is -0.118. The van der Waals surface area contributed by atoms with Crippen molar-refractivity contribution < 1.29 is 9.59 Å². The summed E-state index contributed by atoms with van der Waals surface area (Å²) in [7, 11) is 0. The average Bonchev–Trinajstić information content (AvgIpc) is 2.79. The summed E-state index contributed by atoms with van der Waals surface area (Å²) >= 11 is 0. The maximum absolute atomic E-state index is 13.2. The molecule has 3 heterocycles. The van der Waals surface area contributed by atoms with Crippen LogP contribution in [0, 0.1) is 11.8 Å². The Morgan fingerprint density at radius 1 is 1.00 bits per heavy atom. The molecule has 0 aliphatic carbocycles. The van der Waals surface area contributed by atoms with E-state index in [-0.39, 0.29) is 35.3 Å². The van der Waals surface area contributed by atoms with E-state index in [0.29, 0.717) is 32.0 Å². The quantitative estimate of drug-likeness (QED) is 0.674. The number of nitrogens with one attached hydrogen (secondary N) is 2. The molecule has 0 spiro atoms. The van der Waals surface area contributed by atoms with Crippen LogP contribution in [0.15, 0.2) is 47.3 Å². The SMILES string of the molecule is CC(C)C[C@H](NC(=O)N1CC2CC(C1)c1cccc(=O)n1C2)C(=O)Nc1ccc(C(C)C)cc1. The molecule has 2 bridgehead atoms. The van der Waals surface area contributed by atoms with Gasteiger partial charge in [-0.3, -0.25) is 9.59 Å². The average molecular weight is 465 g/mol. The minimum atomic E-state index is -0.617. The minimum Gasteiger partial charge on any atom is -0.326 e. The fraction of sp³-hybridized carbons (Fsp3) is 0.519. The van der Waals surface area contributed by atoms with Crippen LogP contribution in [0.1, 0.15) is 63.6 Å². The number of nitrogens with zero attached hydrogens (tertiary/aromatic N) is 2. The molecule has 3 amide bonds. The summed E-state index contributed by atoms with van der Waals surface area (Å²) in [5.41, 5.74) is 2.97. The first-order valence-corrected chi connectivity index (χ1v) is 12.4. The van der Waals surface area contributed by atoms with Crippen LogP contribution in [0.4, 0.5) is 10.5 Å². The second-order valence-electron chi connectivity index (χ2n) is 10.5. The first-order valence-electron chi connectivity index (χ1n) is 12.4. The standard InChI is InChI=1S/C27H36N4O3/c1-17(2)12-23(26(33)28-22-10-8-20(9-11-22)18(3)4)29-27(34)30-14-19-13-21(16-30)24-6-5-7-25(32)31(24)15-19/h5-11,17-19,21,23H,12-16H2,1-4H3,(H,28,33)(H,29,34)/t19?,21?,23-/m0/s1. The van der Waals surface area contributed by atoms with Gasteiger partial charge in [0.1, 0.15) is 6.04 Å². The van der Waals surface area contributed by atoms with Crippen LogP contribution < -0.4 is 16.2 Å². The van der Waals surface area contributed by atoms with Gasteiger partial charge in [-0.15, -0.1) is 0 Å². The lowest BCUT2D eigenvalue weighted by atomic mass is 9.83. The molecule has 4 rings (SSSR count). The maximum Gasteiger partial charge on any atom is 0.318 e. The van der Waals surface area contributed by atoms with E-state index in [9.17, 15) is 14.4 Å². The van der Waals surface area contributed by atoms with Crippen molar-refractivity contribution in [2.45, 2.75) is 65.0 Å². The number of anilines is 1. The van der Waals surface area contributed by atoms with Crippen LogP contribution in [-0.4, -0.2) is 40.5 Å². The number of carbonyl (C=O) groups is 2. The summed E-state index contributed by atoms with van der Waals surface area (Å²) in [5, 5.41) is 5.97. The molecule has 1 aromatic heterocycles. The van der Waals surface area contributed by atoms with Gasteiger partial charge in [0.25, 0.3) is 5.56 Å². The van der Waals surface area contributed by atoms with Crippen LogP contribution in [0.25, 0.3) is 0 Å². The van der Waals surface area contributed by atoms with Gasteiger partial charge in [-0.2, -0.15) is 0 Å². The molecule has 1 aromatic carbocycles.